The molecule has 1 aliphatic heterocycles. The van der Waals surface area contributed by atoms with Crippen molar-refractivity contribution >= 4 is 18.3 Å². The van der Waals surface area contributed by atoms with Crippen LogP contribution >= 0.6 is 12.4 Å². The molecule has 2 rings (SSSR count). The van der Waals surface area contributed by atoms with Crippen LogP contribution in [0.2, 0.25) is 0 Å². The Kier molecular flexibility index (Phi) is 7.55. The molecule has 4 nitrogen and oxygen atoms in total. The summed E-state index contributed by atoms with van der Waals surface area (Å²) in [6.45, 7) is 1.85. The van der Waals surface area contributed by atoms with Gasteiger partial charge >= 0.3 is 0 Å². The lowest BCUT2D eigenvalue weighted by atomic mass is 10.1. The highest BCUT2D eigenvalue weighted by Crippen LogP contribution is 2.11. The van der Waals surface area contributed by atoms with Gasteiger partial charge in [0.25, 0.3) is 0 Å². The molecule has 0 radical (unpaired) electrons. The van der Waals surface area contributed by atoms with E-state index in [0.29, 0.717) is 12.5 Å². The zero-order valence-electron chi connectivity index (χ0n) is 12.0. The maximum atomic E-state index is 12.0. The summed E-state index contributed by atoms with van der Waals surface area (Å²) in [4.78, 5) is 18.1. The van der Waals surface area contributed by atoms with Gasteiger partial charge in [-0.15, -0.1) is 12.4 Å². The van der Waals surface area contributed by atoms with Crippen LogP contribution in [0.3, 0.4) is 0 Å². The first-order valence-corrected chi connectivity index (χ1v) is 7.13. The molecule has 1 N–H and O–H groups in total. The largest absolute Gasteiger partial charge is 0.345 e. The van der Waals surface area contributed by atoms with Crippen molar-refractivity contribution in [3.8, 4) is 0 Å². The lowest BCUT2D eigenvalue weighted by Crippen LogP contribution is -2.31. The number of likely N-dealkylation sites (N-methyl/N-ethyl adjacent to an activating group) is 1. The molecule has 0 bridgehead atoms. The number of amides is 1. The summed E-state index contributed by atoms with van der Waals surface area (Å²) in [7, 11) is 1.88. The number of pyridine rings is 1. The third kappa shape index (κ3) is 5.47. The van der Waals surface area contributed by atoms with Crippen molar-refractivity contribution in [3.05, 3.63) is 30.1 Å². The van der Waals surface area contributed by atoms with Crippen molar-refractivity contribution in [1.82, 2.24) is 15.2 Å². The van der Waals surface area contributed by atoms with Gasteiger partial charge in [0.05, 0.1) is 0 Å². The number of nitrogens with one attached hydrogen (secondary N) is 1. The minimum atomic E-state index is 0. The van der Waals surface area contributed by atoms with Gasteiger partial charge in [-0.25, -0.2) is 0 Å². The van der Waals surface area contributed by atoms with E-state index >= 15 is 0 Å². The summed E-state index contributed by atoms with van der Waals surface area (Å²) in [6, 6.07) is 6.44. The first kappa shape index (κ1) is 16.9. The second kappa shape index (κ2) is 8.93. The minimum Gasteiger partial charge on any atom is -0.345 e. The third-order valence-electron chi connectivity index (χ3n) is 3.72. The van der Waals surface area contributed by atoms with E-state index in [-0.39, 0.29) is 18.3 Å². The molecular formula is C15H24ClN3O. The Bertz CT molecular complexity index is 393. The number of rotatable bonds is 6. The summed E-state index contributed by atoms with van der Waals surface area (Å²) >= 11 is 0. The van der Waals surface area contributed by atoms with Gasteiger partial charge in [0.2, 0.25) is 5.91 Å². The maximum Gasteiger partial charge on any atom is 0.222 e. The van der Waals surface area contributed by atoms with Crippen LogP contribution < -0.4 is 5.32 Å². The van der Waals surface area contributed by atoms with Crippen molar-refractivity contribution in [2.45, 2.75) is 38.1 Å². The number of carbonyl (C=O) groups excluding carboxylic acids is 1. The molecule has 1 aromatic rings. The molecule has 0 aromatic carbocycles. The Morgan fingerprint density at radius 3 is 3.00 bits per heavy atom. The summed E-state index contributed by atoms with van der Waals surface area (Å²) in [5, 5.41) is 3.43. The predicted molar refractivity (Wildman–Crippen MR) is 83.1 cm³/mol. The number of halogens is 1. The van der Waals surface area contributed by atoms with Crippen molar-refractivity contribution in [3.63, 3.8) is 0 Å². The minimum absolute atomic E-state index is 0. The number of hydrogen-bond acceptors (Lipinski definition) is 3. The highest BCUT2D eigenvalue weighted by Gasteiger charge is 2.16. The maximum absolute atomic E-state index is 12.0. The number of aromatic nitrogens is 1. The zero-order valence-corrected chi connectivity index (χ0v) is 12.9. The standard InChI is InChI=1S/C15H23N3O.ClH/c1-18(12-9-14-5-2-3-10-16-14)15(19)8-7-13-6-4-11-17-13;/h2-3,5,10,13,17H,4,6-9,11-12H2,1H3;1H. The summed E-state index contributed by atoms with van der Waals surface area (Å²) in [5.74, 6) is 0.240. The van der Waals surface area contributed by atoms with Gasteiger partial charge in [0.15, 0.2) is 0 Å². The van der Waals surface area contributed by atoms with Gasteiger partial charge < -0.3 is 10.2 Å². The molecule has 0 spiro atoms. The Balaban J connectivity index is 0.00000200. The lowest BCUT2D eigenvalue weighted by molar-refractivity contribution is -0.130. The van der Waals surface area contributed by atoms with Crippen LogP contribution in [0.15, 0.2) is 24.4 Å². The Morgan fingerprint density at radius 1 is 1.50 bits per heavy atom. The SMILES string of the molecule is CN(CCc1ccccn1)C(=O)CCC1CCCN1.Cl. The lowest BCUT2D eigenvalue weighted by Gasteiger charge is -2.18. The fraction of sp³-hybridized carbons (Fsp3) is 0.600. The second-order valence-electron chi connectivity index (χ2n) is 5.22. The van der Waals surface area contributed by atoms with Gasteiger partial charge in [-0.1, -0.05) is 6.07 Å². The molecule has 0 saturated carbocycles. The van der Waals surface area contributed by atoms with Crippen LogP contribution in [0.1, 0.15) is 31.4 Å². The van der Waals surface area contributed by atoms with Gasteiger partial charge in [0, 0.05) is 44.4 Å². The fourth-order valence-electron chi connectivity index (χ4n) is 2.44. The number of nitrogens with zero attached hydrogens (tertiary/aromatic N) is 2. The molecule has 1 aromatic heterocycles. The highest BCUT2D eigenvalue weighted by molar-refractivity contribution is 5.85. The van der Waals surface area contributed by atoms with Crippen LogP contribution in [0.25, 0.3) is 0 Å². The first-order valence-electron chi connectivity index (χ1n) is 7.13. The van der Waals surface area contributed by atoms with Crippen molar-refractivity contribution < 1.29 is 4.79 Å². The smallest absolute Gasteiger partial charge is 0.222 e. The predicted octanol–water partition coefficient (Wildman–Crippen LogP) is 2.04. The molecule has 1 atom stereocenters. The van der Waals surface area contributed by atoms with E-state index in [9.17, 15) is 4.79 Å². The van der Waals surface area contributed by atoms with Crippen LogP contribution in [-0.4, -0.2) is 42.0 Å². The quantitative estimate of drug-likeness (QED) is 0.874. The summed E-state index contributed by atoms with van der Waals surface area (Å²) in [5.41, 5.74) is 1.04. The highest BCUT2D eigenvalue weighted by atomic mass is 35.5. The van der Waals surface area contributed by atoms with E-state index in [1.807, 2.05) is 30.1 Å². The molecular weight excluding hydrogens is 274 g/mol. The summed E-state index contributed by atoms with van der Waals surface area (Å²) in [6.07, 6.45) is 6.69. The molecule has 1 aliphatic rings. The average molecular weight is 298 g/mol. The topological polar surface area (TPSA) is 45.2 Å². The van der Waals surface area contributed by atoms with Crippen LogP contribution in [0, 0.1) is 0 Å². The Labute approximate surface area is 127 Å². The van der Waals surface area contributed by atoms with Crippen molar-refractivity contribution in [2.75, 3.05) is 20.1 Å². The Hall–Kier alpha value is -1.13. The van der Waals surface area contributed by atoms with E-state index in [0.717, 1.165) is 31.6 Å². The van der Waals surface area contributed by atoms with E-state index in [2.05, 4.69) is 10.3 Å². The first-order chi connectivity index (χ1) is 9.25. The zero-order chi connectivity index (χ0) is 13.5. The van der Waals surface area contributed by atoms with Gasteiger partial charge in [0.1, 0.15) is 0 Å². The third-order valence-corrected chi connectivity index (χ3v) is 3.72. The molecule has 0 aliphatic carbocycles. The van der Waals surface area contributed by atoms with E-state index in [4.69, 9.17) is 0 Å². The number of hydrogen-bond donors (Lipinski definition) is 1. The van der Waals surface area contributed by atoms with Crippen LogP contribution in [0.4, 0.5) is 0 Å². The van der Waals surface area contributed by atoms with Gasteiger partial charge in [-0.05, 0) is 37.9 Å². The second-order valence-corrected chi connectivity index (χ2v) is 5.22. The molecule has 20 heavy (non-hydrogen) atoms. The fourth-order valence-corrected chi connectivity index (χ4v) is 2.44. The molecule has 1 amide bonds. The normalized spacial score (nSPS) is 17.6. The molecule has 112 valence electrons. The molecule has 5 heteroatoms. The van der Waals surface area contributed by atoms with Crippen LogP contribution in [-0.2, 0) is 11.2 Å². The van der Waals surface area contributed by atoms with E-state index in [1.54, 1.807) is 6.20 Å². The monoisotopic (exact) mass is 297 g/mol. The average Bonchev–Trinajstić information content (AvgIpc) is 2.96. The van der Waals surface area contributed by atoms with E-state index < -0.39 is 0 Å². The Morgan fingerprint density at radius 2 is 2.35 bits per heavy atom. The van der Waals surface area contributed by atoms with Gasteiger partial charge in [-0.2, -0.15) is 0 Å². The molecule has 1 saturated heterocycles. The number of carbonyl (C=O) groups is 1. The molecule has 2 heterocycles. The van der Waals surface area contributed by atoms with Crippen molar-refractivity contribution in [2.24, 2.45) is 0 Å². The molecule has 1 fully saturated rings. The van der Waals surface area contributed by atoms with Crippen molar-refractivity contribution in [1.29, 1.82) is 0 Å². The molecule has 1 unspecified atom stereocenters. The van der Waals surface area contributed by atoms with Crippen LogP contribution in [0.5, 0.6) is 0 Å². The summed E-state index contributed by atoms with van der Waals surface area (Å²) < 4.78 is 0. The van der Waals surface area contributed by atoms with Gasteiger partial charge in [-0.3, -0.25) is 9.78 Å². The van der Waals surface area contributed by atoms with E-state index in [1.165, 1.54) is 12.8 Å².